The molecule has 0 aromatic heterocycles. The van der Waals surface area contributed by atoms with Crippen molar-refractivity contribution in [3.63, 3.8) is 0 Å². The molecule has 0 bridgehead atoms. The number of alkyl halides is 3. The predicted octanol–water partition coefficient (Wildman–Crippen LogP) is 2.88. The first-order chi connectivity index (χ1) is 11.1. The Labute approximate surface area is 139 Å². The van der Waals surface area contributed by atoms with Gasteiger partial charge in [-0.1, -0.05) is 17.7 Å². The highest BCUT2D eigenvalue weighted by Gasteiger charge is 2.53. The number of halogens is 5. The van der Waals surface area contributed by atoms with Gasteiger partial charge >= 0.3 is 18.2 Å². The van der Waals surface area contributed by atoms with Gasteiger partial charge in [-0.2, -0.15) is 13.2 Å². The molecule has 2 rings (SSSR count). The van der Waals surface area contributed by atoms with Crippen molar-refractivity contribution in [1.29, 1.82) is 0 Å². The van der Waals surface area contributed by atoms with Crippen LogP contribution in [0.2, 0.25) is 5.02 Å². The minimum atomic E-state index is -4.73. The van der Waals surface area contributed by atoms with Gasteiger partial charge in [-0.05, 0) is 12.1 Å². The van der Waals surface area contributed by atoms with Gasteiger partial charge in [-0.3, -0.25) is 4.79 Å². The molecule has 2 N–H and O–H groups in total. The molecule has 132 valence electrons. The van der Waals surface area contributed by atoms with Crippen molar-refractivity contribution in [2.45, 2.75) is 12.7 Å². The van der Waals surface area contributed by atoms with Crippen LogP contribution in [-0.2, 0) is 11.3 Å². The first kappa shape index (κ1) is 18.3. The molecule has 1 aromatic rings. The van der Waals surface area contributed by atoms with E-state index in [1.807, 2.05) is 0 Å². The van der Waals surface area contributed by atoms with Crippen LogP contribution in [0.5, 0.6) is 0 Å². The molecular formula is C14H13ClF4N2O3. The second kappa shape index (κ2) is 6.84. The molecule has 0 radical (unpaired) electrons. The number of carboxylic acids is 1. The van der Waals surface area contributed by atoms with E-state index in [4.69, 9.17) is 16.7 Å². The Bertz CT molecular complexity index is 633. The lowest BCUT2D eigenvalue weighted by atomic mass is 9.96. The fraction of sp³-hybridized carbons (Fsp3) is 0.429. The van der Waals surface area contributed by atoms with Crippen molar-refractivity contribution < 1.29 is 32.3 Å². The van der Waals surface area contributed by atoms with Gasteiger partial charge in [-0.25, -0.2) is 9.18 Å². The molecule has 0 spiro atoms. The summed E-state index contributed by atoms with van der Waals surface area (Å²) in [5, 5.41) is 11.2. The number of hydrogen-bond donors (Lipinski definition) is 2. The van der Waals surface area contributed by atoms with Crippen LogP contribution in [-0.4, -0.2) is 41.3 Å². The quantitative estimate of drug-likeness (QED) is 0.806. The Kier molecular flexibility index (Phi) is 5.22. The summed E-state index contributed by atoms with van der Waals surface area (Å²) in [6.07, 6.45) is -4.73. The standard InChI is InChI=1S/C14H13ClF4N2O3/c15-10-2-1-3-11(16)7(10)4-20-13(24)21-5-8(12(22)23)9(6-21)14(17,18)19/h1-3,8-9H,4-6H2,(H,20,24)(H,22,23)/t8-,9-/m1/s1. The van der Waals surface area contributed by atoms with E-state index in [0.717, 1.165) is 11.0 Å². The SMILES string of the molecule is O=C(O)[C@@H]1CN(C(=O)NCc2c(F)cccc2Cl)C[C@H]1C(F)(F)F. The smallest absolute Gasteiger partial charge is 0.394 e. The second-order valence-electron chi connectivity index (χ2n) is 5.36. The van der Waals surface area contributed by atoms with Crippen molar-refractivity contribution >= 4 is 23.6 Å². The highest BCUT2D eigenvalue weighted by molar-refractivity contribution is 6.31. The molecule has 1 saturated heterocycles. The largest absolute Gasteiger partial charge is 0.481 e. The lowest BCUT2D eigenvalue weighted by Gasteiger charge is -2.19. The summed E-state index contributed by atoms with van der Waals surface area (Å²) in [4.78, 5) is 23.7. The molecule has 1 aromatic carbocycles. The zero-order valence-electron chi connectivity index (χ0n) is 12.1. The summed E-state index contributed by atoms with van der Waals surface area (Å²) in [5.41, 5.74) is -0.00568. The van der Waals surface area contributed by atoms with E-state index in [9.17, 15) is 27.2 Å². The first-order valence-corrected chi connectivity index (χ1v) is 7.24. The molecule has 1 aliphatic heterocycles. The molecule has 10 heteroatoms. The van der Waals surface area contributed by atoms with Gasteiger partial charge in [0.15, 0.2) is 0 Å². The van der Waals surface area contributed by atoms with Crippen LogP contribution in [0, 0.1) is 17.7 Å². The summed E-state index contributed by atoms with van der Waals surface area (Å²) in [7, 11) is 0. The first-order valence-electron chi connectivity index (χ1n) is 6.86. The number of hydrogen-bond acceptors (Lipinski definition) is 2. The Morgan fingerprint density at radius 2 is 2.00 bits per heavy atom. The van der Waals surface area contributed by atoms with Crippen LogP contribution >= 0.6 is 11.6 Å². The highest BCUT2D eigenvalue weighted by atomic mass is 35.5. The Morgan fingerprint density at radius 3 is 2.50 bits per heavy atom. The zero-order valence-corrected chi connectivity index (χ0v) is 12.9. The molecular weight excluding hydrogens is 356 g/mol. The third-order valence-electron chi connectivity index (χ3n) is 3.82. The number of amides is 2. The number of carboxylic acid groups (broad SMARTS) is 1. The molecule has 24 heavy (non-hydrogen) atoms. The van der Waals surface area contributed by atoms with E-state index >= 15 is 0 Å². The number of aliphatic carboxylic acids is 1. The Balaban J connectivity index is 2.04. The normalized spacial score (nSPS) is 21.0. The van der Waals surface area contributed by atoms with E-state index in [2.05, 4.69) is 5.32 Å². The predicted molar refractivity (Wildman–Crippen MR) is 75.9 cm³/mol. The number of urea groups is 1. The maximum atomic E-state index is 13.6. The number of benzene rings is 1. The number of likely N-dealkylation sites (tertiary alicyclic amines) is 1. The number of rotatable bonds is 3. The monoisotopic (exact) mass is 368 g/mol. The Morgan fingerprint density at radius 1 is 1.33 bits per heavy atom. The van der Waals surface area contributed by atoms with E-state index in [1.165, 1.54) is 12.1 Å². The molecule has 1 fully saturated rings. The van der Waals surface area contributed by atoms with Gasteiger partial charge in [0, 0.05) is 30.2 Å². The molecule has 1 aliphatic rings. The summed E-state index contributed by atoms with van der Waals surface area (Å²) in [6, 6.07) is 2.99. The van der Waals surface area contributed by atoms with Crippen LogP contribution < -0.4 is 5.32 Å². The van der Waals surface area contributed by atoms with Crippen LogP contribution in [0.4, 0.5) is 22.4 Å². The molecule has 0 saturated carbocycles. The van der Waals surface area contributed by atoms with E-state index in [0.29, 0.717) is 0 Å². The van der Waals surface area contributed by atoms with Gasteiger partial charge in [0.1, 0.15) is 5.82 Å². The number of nitrogens with zero attached hydrogens (tertiary/aromatic N) is 1. The second-order valence-corrected chi connectivity index (χ2v) is 5.76. The molecule has 5 nitrogen and oxygen atoms in total. The van der Waals surface area contributed by atoms with Gasteiger partial charge in [0.25, 0.3) is 0 Å². The zero-order chi connectivity index (χ0) is 18.1. The van der Waals surface area contributed by atoms with Crippen LogP contribution in [0.15, 0.2) is 18.2 Å². The fourth-order valence-corrected chi connectivity index (χ4v) is 2.76. The van der Waals surface area contributed by atoms with Gasteiger partial charge < -0.3 is 15.3 Å². The lowest BCUT2D eigenvalue weighted by Crippen LogP contribution is -2.39. The van der Waals surface area contributed by atoms with Crippen molar-refractivity contribution in [1.82, 2.24) is 10.2 Å². The third-order valence-corrected chi connectivity index (χ3v) is 4.18. The number of carbonyl (C=O) groups is 2. The maximum Gasteiger partial charge on any atom is 0.394 e. The minimum Gasteiger partial charge on any atom is -0.481 e. The van der Waals surface area contributed by atoms with Crippen molar-refractivity contribution in [2.75, 3.05) is 13.1 Å². The molecule has 1 heterocycles. The molecule has 2 atom stereocenters. The van der Waals surface area contributed by atoms with Gasteiger partial charge in [0.05, 0.1) is 11.8 Å². The van der Waals surface area contributed by atoms with Gasteiger partial charge in [-0.15, -0.1) is 0 Å². The summed E-state index contributed by atoms with van der Waals surface area (Å²) >= 11 is 5.79. The van der Waals surface area contributed by atoms with E-state index in [-0.39, 0.29) is 17.1 Å². The summed E-state index contributed by atoms with van der Waals surface area (Å²) in [5.74, 6) is -6.16. The summed E-state index contributed by atoms with van der Waals surface area (Å²) < 4.78 is 52.2. The average Bonchev–Trinajstić information content (AvgIpc) is 2.92. The molecule has 0 aliphatic carbocycles. The number of nitrogens with one attached hydrogen (secondary N) is 1. The van der Waals surface area contributed by atoms with Crippen LogP contribution in [0.1, 0.15) is 5.56 Å². The van der Waals surface area contributed by atoms with Crippen molar-refractivity contribution in [3.05, 3.63) is 34.6 Å². The van der Waals surface area contributed by atoms with Crippen LogP contribution in [0.25, 0.3) is 0 Å². The highest BCUT2D eigenvalue weighted by Crippen LogP contribution is 2.37. The fourth-order valence-electron chi connectivity index (χ4n) is 2.53. The topological polar surface area (TPSA) is 69.6 Å². The van der Waals surface area contributed by atoms with E-state index in [1.54, 1.807) is 0 Å². The molecule has 0 unspecified atom stereocenters. The third kappa shape index (κ3) is 3.89. The van der Waals surface area contributed by atoms with Crippen molar-refractivity contribution in [2.24, 2.45) is 11.8 Å². The Hall–Kier alpha value is -2.03. The lowest BCUT2D eigenvalue weighted by molar-refractivity contribution is -0.187. The van der Waals surface area contributed by atoms with Gasteiger partial charge in [0.2, 0.25) is 0 Å². The molecule has 2 amide bonds. The van der Waals surface area contributed by atoms with Crippen molar-refractivity contribution in [3.8, 4) is 0 Å². The summed E-state index contributed by atoms with van der Waals surface area (Å²) in [6.45, 7) is -1.66. The number of carbonyl (C=O) groups excluding carboxylic acids is 1. The maximum absolute atomic E-state index is 13.6. The van der Waals surface area contributed by atoms with Crippen LogP contribution in [0.3, 0.4) is 0 Å². The average molecular weight is 369 g/mol. The minimum absolute atomic E-state index is 0.00568. The van der Waals surface area contributed by atoms with E-state index < -0.39 is 48.9 Å².